The predicted octanol–water partition coefficient (Wildman–Crippen LogP) is 2.68. The van der Waals surface area contributed by atoms with Crippen LogP contribution in [0.25, 0.3) is 0 Å². The summed E-state index contributed by atoms with van der Waals surface area (Å²) in [5.74, 6) is -0.781. The molecule has 0 aromatic rings. The van der Waals surface area contributed by atoms with Crippen molar-refractivity contribution in [1.82, 2.24) is 4.90 Å². The number of allylic oxidation sites excluding steroid dienone is 4. The Morgan fingerprint density at radius 2 is 2.24 bits per heavy atom. The van der Waals surface area contributed by atoms with E-state index in [1.165, 1.54) is 12.2 Å². The quantitative estimate of drug-likeness (QED) is 0.752. The van der Waals surface area contributed by atoms with Crippen LogP contribution < -0.4 is 0 Å². The van der Waals surface area contributed by atoms with Gasteiger partial charge in [0, 0.05) is 20.2 Å². The molecular weight excluding hydrogens is 224 g/mol. The van der Waals surface area contributed by atoms with Crippen LogP contribution in [-0.4, -0.2) is 38.3 Å². The highest BCUT2D eigenvalue weighted by molar-refractivity contribution is 5.24. The summed E-state index contributed by atoms with van der Waals surface area (Å²) in [6.07, 6.45) is 4.52. The minimum absolute atomic E-state index is 0.155. The molecule has 2 unspecified atom stereocenters. The number of ether oxygens (including phenoxy) is 1. The zero-order valence-electron chi connectivity index (χ0n) is 10.2. The average molecular weight is 243 g/mol. The molecule has 0 aromatic carbocycles. The van der Waals surface area contributed by atoms with Crippen LogP contribution >= 0.6 is 0 Å². The fourth-order valence-corrected chi connectivity index (χ4v) is 2.64. The molecule has 2 atom stereocenters. The number of nitrogens with zero attached hydrogens (tertiary/aromatic N) is 1. The van der Waals surface area contributed by atoms with Crippen LogP contribution in [0.5, 0.6) is 0 Å². The number of halogens is 2. The van der Waals surface area contributed by atoms with Gasteiger partial charge in [0.2, 0.25) is 0 Å². The maximum absolute atomic E-state index is 13.2. The third-order valence-corrected chi connectivity index (χ3v) is 3.68. The Labute approximate surface area is 101 Å². The van der Waals surface area contributed by atoms with Gasteiger partial charge in [0.15, 0.2) is 11.7 Å². The first-order chi connectivity index (χ1) is 8.20. The lowest BCUT2D eigenvalue weighted by atomic mass is 9.86. The van der Waals surface area contributed by atoms with Crippen molar-refractivity contribution >= 4 is 0 Å². The second-order valence-electron chi connectivity index (χ2n) is 4.81. The highest BCUT2D eigenvalue weighted by Crippen LogP contribution is 2.33. The minimum atomic E-state index is -0.699. The Morgan fingerprint density at radius 3 is 2.94 bits per heavy atom. The molecule has 1 aliphatic carbocycles. The molecule has 1 fully saturated rings. The van der Waals surface area contributed by atoms with E-state index in [2.05, 4.69) is 4.90 Å². The zero-order valence-corrected chi connectivity index (χ0v) is 10.2. The summed E-state index contributed by atoms with van der Waals surface area (Å²) in [6.45, 7) is 3.66. The summed E-state index contributed by atoms with van der Waals surface area (Å²) in [5, 5.41) is 0. The van der Waals surface area contributed by atoms with Crippen molar-refractivity contribution in [2.75, 3.05) is 33.4 Å². The van der Waals surface area contributed by atoms with Gasteiger partial charge in [-0.2, -0.15) is 0 Å². The Balaban J connectivity index is 1.85. The van der Waals surface area contributed by atoms with E-state index in [1.807, 2.05) is 0 Å². The first-order valence-corrected chi connectivity index (χ1v) is 6.15. The minimum Gasteiger partial charge on any atom is -0.383 e. The molecule has 17 heavy (non-hydrogen) atoms. The van der Waals surface area contributed by atoms with E-state index in [0.29, 0.717) is 12.3 Å². The molecule has 1 saturated heterocycles. The van der Waals surface area contributed by atoms with E-state index in [4.69, 9.17) is 4.74 Å². The zero-order chi connectivity index (χ0) is 12.3. The van der Waals surface area contributed by atoms with Crippen LogP contribution in [0.2, 0.25) is 0 Å². The van der Waals surface area contributed by atoms with Gasteiger partial charge < -0.3 is 9.64 Å². The Morgan fingerprint density at radius 1 is 1.41 bits per heavy atom. The van der Waals surface area contributed by atoms with Gasteiger partial charge in [-0.15, -0.1) is 0 Å². The van der Waals surface area contributed by atoms with Gasteiger partial charge in [-0.3, -0.25) is 0 Å². The van der Waals surface area contributed by atoms with E-state index in [1.54, 1.807) is 7.11 Å². The Hall–Kier alpha value is -0.740. The fourth-order valence-electron chi connectivity index (χ4n) is 2.64. The molecule has 0 spiro atoms. The summed E-state index contributed by atoms with van der Waals surface area (Å²) in [6, 6.07) is 0. The van der Waals surface area contributed by atoms with Crippen molar-refractivity contribution in [3.8, 4) is 0 Å². The number of methoxy groups -OCH3 is 1. The molecule has 2 rings (SSSR count). The van der Waals surface area contributed by atoms with Crippen LogP contribution in [-0.2, 0) is 4.74 Å². The van der Waals surface area contributed by atoms with E-state index < -0.39 is 11.7 Å². The fraction of sp³-hybridized carbons (Fsp3) is 0.692. The standard InChI is InChI=1S/C13H19F2NO/c1-17-7-6-16-5-4-11(9-16)10-2-3-12(14)13(15)8-10/h3,8,10-11H,2,4-7,9H2,1H3. The van der Waals surface area contributed by atoms with Crippen molar-refractivity contribution in [2.45, 2.75) is 12.8 Å². The lowest BCUT2D eigenvalue weighted by molar-refractivity contribution is 0.157. The SMILES string of the molecule is COCCN1CCC(C2C=C(F)C(F)=CC2)C1. The predicted molar refractivity (Wildman–Crippen MR) is 62.9 cm³/mol. The smallest absolute Gasteiger partial charge is 0.154 e. The first kappa shape index (κ1) is 12.7. The molecule has 4 heteroatoms. The van der Waals surface area contributed by atoms with E-state index in [-0.39, 0.29) is 5.92 Å². The van der Waals surface area contributed by atoms with Gasteiger partial charge in [0.05, 0.1) is 6.61 Å². The second-order valence-corrected chi connectivity index (χ2v) is 4.81. The molecular formula is C13H19F2NO. The molecule has 1 heterocycles. The third kappa shape index (κ3) is 3.13. The lowest BCUT2D eigenvalue weighted by Crippen LogP contribution is -2.26. The van der Waals surface area contributed by atoms with Crippen molar-refractivity contribution < 1.29 is 13.5 Å². The normalized spacial score (nSPS) is 30.3. The number of hydrogen-bond donors (Lipinski definition) is 0. The van der Waals surface area contributed by atoms with Gasteiger partial charge in [0.1, 0.15) is 0 Å². The van der Waals surface area contributed by atoms with E-state index in [9.17, 15) is 8.78 Å². The summed E-state index contributed by atoms with van der Waals surface area (Å²) >= 11 is 0. The van der Waals surface area contributed by atoms with Crippen LogP contribution in [0.15, 0.2) is 23.8 Å². The molecule has 0 N–H and O–H groups in total. The molecule has 0 saturated carbocycles. The van der Waals surface area contributed by atoms with E-state index >= 15 is 0 Å². The maximum atomic E-state index is 13.2. The number of hydrogen-bond acceptors (Lipinski definition) is 2. The van der Waals surface area contributed by atoms with Gasteiger partial charge in [0.25, 0.3) is 0 Å². The molecule has 2 aliphatic rings. The Bertz CT molecular complexity index is 327. The van der Waals surface area contributed by atoms with Crippen LogP contribution in [0.4, 0.5) is 8.78 Å². The number of rotatable bonds is 4. The molecule has 0 radical (unpaired) electrons. The molecule has 2 nitrogen and oxygen atoms in total. The van der Waals surface area contributed by atoms with Gasteiger partial charge in [-0.1, -0.05) is 0 Å². The first-order valence-electron chi connectivity index (χ1n) is 6.15. The van der Waals surface area contributed by atoms with Gasteiger partial charge in [-0.25, -0.2) is 8.78 Å². The molecule has 0 bridgehead atoms. The van der Waals surface area contributed by atoms with Crippen LogP contribution in [0.3, 0.4) is 0 Å². The summed E-state index contributed by atoms with van der Waals surface area (Å²) in [5.41, 5.74) is 0. The van der Waals surface area contributed by atoms with Crippen LogP contribution in [0, 0.1) is 11.8 Å². The van der Waals surface area contributed by atoms with Crippen LogP contribution in [0.1, 0.15) is 12.8 Å². The third-order valence-electron chi connectivity index (χ3n) is 3.68. The highest BCUT2D eigenvalue weighted by Gasteiger charge is 2.29. The lowest BCUT2D eigenvalue weighted by Gasteiger charge is -2.22. The van der Waals surface area contributed by atoms with Gasteiger partial charge in [-0.05, 0) is 43.4 Å². The second kappa shape index (κ2) is 5.74. The molecule has 0 aromatic heterocycles. The summed E-state index contributed by atoms with van der Waals surface area (Å²) in [4.78, 5) is 2.33. The van der Waals surface area contributed by atoms with Crippen molar-refractivity contribution in [1.29, 1.82) is 0 Å². The highest BCUT2D eigenvalue weighted by atomic mass is 19.2. The van der Waals surface area contributed by atoms with Gasteiger partial charge >= 0.3 is 0 Å². The van der Waals surface area contributed by atoms with Crippen molar-refractivity contribution in [3.63, 3.8) is 0 Å². The number of likely N-dealkylation sites (tertiary alicyclic amines) is 1. The Kier molecular flexibility index (Phi) is 4.29. The monoisotopic (exact) mass is 243 g/mol. The summed E-state index contributed by atoms with van der Waals surface area (Å²) in [7, 11) is 1.69. The van der Waals surface area contributed by atoms with E-state index in [0.717, 1.165) is 32.7 Å². The molecule has 96 valence electrons. The maximum Gasteiger partial charge on any atom is 0.154 e. The topological polar surface area (TPSA) is 12.5 Å². The molecule has 0 amide bonds. The average Bonchev–Trinajstić information content (AvgIpc) is 2.79. The molecule has 1 aliphatic heterocycles. The van der Waals surface area contributed by atoms with Crippen molar-refractivity contribution in [2.24, 2.45) is 11.8 Å². The largest absolute Gasteiger partial charge is 0.383 e. The van der Waals surface area contributed by atoms with Crippen molar-refractivity contribution in [3.05, 3.63) is 23.8 Å². The summed E-state index contributed by atoms with van der Waals surface area (Å²) < 4.78 is 31.1.